The predicted octanol–water partition coefficient (Wildman–Crippen LogP) is 0.470. The Labute approximate surface area is 112 Å². The Morgan fingerprint density at radius 2 is 1.45 bits per heavy atom. The van der Waals surface area contributed by atoms with E-state index in [9.17, 15) is 19.2 Å². The third kappa shape index (κ3) is 4.09. The van der Waals surface area contributed by atoms with Crippen LogP contribution >= 0.6 is 0 Å². The summed E-state index contributed by atoms with van der Waals surface area (Å²) in [5, 5.41) is 25.9. The molecule has 0 saturated heterocycles. The van der Waals surface area contributed by atoms with Crippen molar-refractivity contribution in [3.8, 4) is 0 Å². The van der Waals surface area contributed by atoms with Crippen molar-refractivity contribution in [2.24, 2.45) is 0 Å². The Bertz CT molecular complexity index is 545. The highest BCUT2D eigenvalue weighted by atomic mass is 16.6. The number of carbonyl (C=O) groups excluding carboxylic acids is 1. The van der Waals surface area contributed by atoms with Crippen LogP contribution in [0.4, 0.5) is 0 Å². The lowest BCUT2D eigenvalue weighted by Gasteiger charge is -2.11. The van der Waals surface area contributed by atoms with Gasteiger partial charge in [-0.1, -0.05) is 0 Å². The molecule has 1 atom stereocenters. The third-order valence-corrected chi connectivity index (χ3v) is 2.25. The average molecular weight is 282 g/mol. The van der Waals surface area contributed by atoms with E-state index in [1.54, 1.807) is 0 Å². The molecule has 1 aromatic carbocycles. The molecule has 1 rings (SSSR count). The van der Waals surface area contributed by atoms with E-state index in [4.69, 9.17) is 15.3 Å². The zero-order valence-electron chi connectivity index (χ0n) is 9.98. The van der Waals surface area contributed by atoms with E-state index in [0.29, 0.717) is 0 Å². The molecule has 0 amide bonds. The number of rotatable bonds is 6. The van der Waals surface area contributed by atoms with Crippen molar-refractivity contribution >= 4 is 23.9 Å². The number of carboxylic acids is 3. The number of benzene rings is 1. The molecular weight excluding hydrogens is 272 g/mol. The molecule has 3 N–H and O–H groups in total. The van der Waals surface area contributed by atoms with E-state index >= 15 is 0 Å². The van der Waals surface area contributed by atoms with Gasteiger partial charge in [-0.15, -0.1) is 0 Å². The molecular formula is C12H10O8. The van der Waals surface area contributed by atoms with Gasteiger partial charge in [0.25, 0.3) is 0 Å². The molecule has 20 heavy (non-hydrogen) atoms. The van der Waals surface area contributed by atoms with Gasteiger partial charge in [0.2, 0.25) is 6.10 Å². The van der Waals surface area contributed by atoms with E-state index in [2.05, 4.69) is 4.74 Å². The minimum Gasteiger partial charge on any atom is -0.481 e. The molecule has 0 heterocycles. The smallest absolute Gasteiger partial charge is 0.345 e. The van der Waals surface area contributed by atoms with Crippen LogP contribution < -0.4 is 0 Å². The molecule has 1 unspecified atom stereocenters. The summed E-state index contributed by atoms with van der Waals surface area (Å²) in [7, 11) is 0. The van der Waals surface area contributed by atoms with Crippen LogP contribution in [0.15, 0.2) is 24.3 Å². The first-order valence-electron chi connectivity index (χ1n) is 5.30. The second kappa shape index (κ2) is 6.32. The van der Waals surface area contributed by atoms with E-state index < -0.39 is 36.4 Å². The van der Waals surface area contributed by atoms with Gasteiger partial charge in [-0.05, 0) is 24.3 Å². The highest BCUT2D eigenvalue weighted by Gasteiger charge is 2.25. The number of hydrogen-bond donors (Lipinski definition) is 3. The largest absolute Gasteiger partial charge is 0.481 e. The number of aliphatic carboxylic acids is 2. The summed E-state index contributed by atoms with van der Waals surface area (Å²) in [6, 6.07) is 4.58. The molecule has 0 fully saturated rings. The minimum absolute atomic E-state index is 0.0538. The topological polar surface area (TPSA) is 138 Å². The summed E-state index contributed by atoms with van der Waals surface area (Å²) in [4.78, 5) is 43.4. The number of carboxylic acid groups (broad SMARTS) is 3. The summed E-state index contributed by atoms with van der Waals surface area (Å²) in [6.45, 7) is 0. The Kier molecular flexibility index (Phi) is 4.79. The zero-order valence-corrected chi connectivity index (χ0v) is 9.98. The Morgan fingerprint density at radius 1 is 0.950 bits per heavy atom. The average Bonchev–Trinajstić information content (AvgIpc) is 2.37. The summed E-state index contributed by atoms with van der Waals surface area (Å²) in [5.74, 6) is -5.23. The van der Waals surface area contributed by atoms with Crippen molar-refractivity contribution in [1.29, 1.82) is 0 Å². The molecule has 0 saturated carbocycles. The van der Waals surface area contributed by atoms with Crippen LogP contribution in [0.2, 0.25) is 0 Å². The monoisotopic (exact) mass is 282 g/mol. The molecule has 0 radical (unpaired) electrons. The van der Waals surface area contributed by atoms with Crippen LogP contribution in [0.5, 0.6) is 0 Å². The maximum atomic E-state index is 11.6. The second-order valence-electron chi connectivity index (χ2n) is 3.71. The Balaban J connectivity index is 2.80. The molecule has 0 spiro atoms. The van der Waals surface area contributed by atoms with Crippen molar-refractivity contribution in [1.82, 2.24) is 0 Å². The molecule has 0 bridgehead atoms. The quantitative estimate of drug-likeness (QED) is 0.640. The van der Waals surface area contributed by atoms with Crippen molar-refractivity contribution in [3.05, 3.63) is 35.4 Å². The lowest BCUT2D eigenvalue weighted by atomic mass is 10.1. The van der Waals surface area contributed by atoms with Crippen LogP contribution in [0.3, 0.4) is 0 Å². The minimum atomic E-state index is -1.81. The first-order chi connectivity index (χ1) is 9.31. The molecule has 0 aliphatic rings. The number of ether oxygens (including phenoxy) is 1. The van der Waals surface area contributed by atoms with Gasteiger partial charge >= 0.3 is 23.9 Å². The first kappa shape index (κ1) is 15.2. The molecule has 0 aliphatic carbocycles. The first-order valence-corrected chi connectivity index (χ1v) is 5.30. The summed E-state index contributed by atoms with van der Waals surface area (Å²) < 4.78 is 4.54. The summed E-state index contributed by atoms with van der Waals surface area (Å²) >= 11 is 0. The van der Waals surface area contributed by atoms with Crippen molar-refractivity contribution in [2.75, 3.05) is 0 Å². The van der Waals surface area contributed by atoms with Gasteiger partial charge in [0, 0.05) is 0 Å². The fourth-order valence-electron chi connectivity index (χ4n) is 1.28. The predicted molar refractivity (Wildman–Crippen MR) is 62.5 cm³/mol. The lowest BCUT2D eigenvalue weighted by molar-refractivity contribution is -0.153. The van der Waals surface area contributed by atoms with Gasteiger partial charge in [-0.25, -0.2) is 14.4 Å². The summed E-state index contributed by atoms with van der Waals surface area (Å²) in [5.41, 5.74) is -0.131. The van der Waals surface area contributed by atoms with Crippen LogP contribution in [0, 0.1) is 0 Å². The zero-order chi connectivity index (χ0) is 15.3. The normalized spacial score (nSPS) is 11.4. The standard InChI is InChI=1S/C12H10O8/c13-9(14)5-8(11(17)18)20-12(19)7-3-1-6(2-4-7)10(15)16/h1-4,8H,5H2,(H,13,14)(H,15,16)(H,17,18). The van der Waals surface area contributed by atoms with E-state index in [1.807, 2.05) is 0 Å². The van der Waals surface area contributed by atoms with Crippen LogP contribution in [0.1, 0.15) is 27.1 Å². The van der Waals surface area contributed by atoms with Crippen LogP contribution in [-0.4, -0.2) is 45.3 Å². The number of hydrogen-bond acceptors (Lipinski definition) is 5. The van der Waals surface area contributed by atoms with Gasteiger partial charge in [0.1, 0.15) is 0 Å². The molecule has 106 valence electrons. The fourth-order valence-corrected chi connectivity index (χ4v) is 1.28. The molecule has 8 nitrogen and oxygen atoms in total. The fraction of sp³-hybridized carbons (Fsp3) is 0.167. The van der Waals surface area contributed by atoms with E-state index in [1.165, 1.54) is 0 Å². The Hall–Kier alpha value is -2.90. The van der Waals surface area contributed by atoms with Crippen LogP contribution in [-0.2, 0) is 14.3 Å². The van der Waals surface area contributed by atoms with E-state index in [-0.39, 0.29) is 11.1 Å². The number of carbonyl (C=O) groups is 4. The van der Waals surface area contributed by atoms with Gasteiger partial charge in [-0.3, -0.25) is 4.79 Å². The molecule has 8 heteroatoms. The maximum Gasteiger partial charge on any atom is 0.345 e. The van der Waals surface area contributed by atoms with Crippen molar-refractivity contribution in [3.63, 3.8) is 0 Å². The third-order valence-electron chi connectivity index (χ3n) is 2.25. The second-order valence-corrected chi connectivity index (χ2v) is 3.71. The molecule has 0 aromatic heterocycles. The highest BCUT2D eigenvalue weighted by Crippen LogP contribution is 2.09. The highest BCUT2D eigenvalue weighted by molar-refractivity contribution is 5.94. The number of esters is 1. The van der Waals surface area contributed by atoms with Crippen LogP contribution in [0.25, 0.3) is 0 Å². The van der Waals surface area contributed by atoms with Crippen molar-refractivity contribution < 1.29 is 39.2 Å². The lowest BCUT2D eigenvalue weighted by Crippen LogP contribution is -2.29. The van der Waals surface area contributed by atoms with Gasteiger partial charge in [-0.2, -0.15) is 0 Å². The maximum absolute atomic E-state index is 11.6. The van der Waals surface area contributed by atoms with Gasteiger partial charge < -0.3 is 20.1 Å². The summed E-state index contributed by atoms with van der Waals surface area (Å²) in [6.07, 6.45) is -2.67. The van der Waals surface area contributed by atoms with Gasteiger partial charge in [0.15, 0.2) is 0 Å². The SMILES string of the molecule is O=C(O)CC(OC(=O)c1ccc(C(=O)O)cc1)C(=O)O. The van der Waals surface area contributed by atoms with Crippen molar-refractivity contribution in [2.45, 2.75) is 12.5 Å². The van der Waals surface area contributed by atoms with Gasteiger partial charge in [0.05, 0.1) is 17.5 Å². The number of aromatic carboxylic acids is 1. The van der Waals surface area contributed by atoms with E-state index in [0.717, 1.165) is 24.3 Å². The Morgan fingerprint density at radius 3 is 1.85 bits per heavy atom. The molecule has 0 aliphatic heterocycles. The molecule has 1 aromatic rings.